The average Bonchev–Trinajstić information content (AvgIpc) is 3.27. The SMILES string of the molecule is O=C(O)c1cn(Cc2ccccc2)c2cc(C3CCCC3)nn2c1=O. The highest BCUT2D eigenvalue weighted by molar-refractivity contribution is 5.87. The molecule has 3 aromatic rings. The van der Waals surface area contributed by atoms with Crippen LogP contribution < -0.4 is 5.56 Å². The number of nitrogens with zero attached hydrogens (tertiary/aromatic N) is 3. The quantitative estimate of drug-likeness (QED) is 0.794. The molecule has 4 rings (SSSR count). The fraction of sp³-hybridized carbons (Fsp3) is 0.316. The largest absolute Gasteiger partial charge is 0.477 e. The molecule has 1 aliphatic rings. The topological polar surface area (TPSA) is 76.6 Å². The molecule has 25 heavy (non-hydrogen) atoms. The number of fused-ring (bicyclic) bond motifs is 1. The van der Waals surface area contributed by atoms with Gasteiger partial charge in [-0.3, -0.25) is 4.79 Å². The molecule has 1 aliphatic carbocycles. The molecule has 0 aliphatic heterocycles. The van der Waals surface area contributed by atoms with Crippen LogP contribution in [0.25, 0.3) is 5.65 Å². The molecule has 0 bridgehead atoms. The van der Waals surface area contributed by atoms with Gasteiger partial charge in [-0.25, -0.2) is 4.79 Å². The van der Waals surface area contributed by atoms with E-state index >= 15 is 0 Å². The fourth-order valence-electron chi connectivity index (χ4n) is 3.61. The smallest absolute Gasteiger partial charge is 0.342 e. The van der Waals surface area contributed by atoms with E-state index in [4.69, 9.17) is 0 Å². The molecule has 1 fully saturated rings. The van der Waals surface area contributed by atoms with E-state index in [2.05, 4.69) is 5.10 Å². The molecule has 0 saturated heterocycles. The van der Waals surface area contributed by atoms with Crippen molar-refractivity contribution in [2.24, 2.45) is 0 Å². The van der Waals surface area contributed by atoms with Gasteiger partial charge in [-0.1, -0.05) is 43.2 Å². The Labute approximate surface area is 144 Å². The average molecular weight is 337 g/mol. The summed E-state index contributed by atoms with van der Waals surface area (Å²) in [5.74, 6) is -0.871. The van der Waals surface area contributed by atoms with E-state index in [1.165, 1.54) is 23.6 Å². The number of benzene rings is 1. The second-order valence-corrected chi connectivity index (χ2v) is 6.59. The Bertz CT molecular complexity index is 982. The Balaban J connectivity index is 1.88. The van der Waals surface area contributed by atoms with Gasteiger partial charge in [0.15, 0.2) is 0 Å². The maximum Gasteiger partial charge on any atom is 0.342 e. The number of aromatic carboxylic acids is 1. The van der Waals surface area contributed by atoms with E-state index in [9.17, 15) is 14.7 Å². The van der Waals surface area contributed by atoms with Crippen LogP contribution >= 0.6 is 0 Å². The Kier molecular flexibility index (Phi) is 3.87. The van der Waals surface area contributed by atoms with Crippen LogP contribution in [0.1, 0.15) is 53.2 Å². The number of hydrogen-bond donors (Lipinski definition) is 1. The third kappa shape index (κ3) is 2.84. The molecule has 6 nitrogen and oxygen atoms in total. The molecule has 2 aromatic heterocycles. The van der Waals surface area contributed by atoms with E-state index in [-0.39, 0.29) is 5.56 Å². The summed E-state index contributed by atoms with van der Waals surface area (Å²) in [7, 11) is 0. The lowest BCUT2D eigenvalue weighted by atomic mass is 10.0. The highest BCUT2D eigenvalue weighted by Crippen LogP contribution is 2.33. The lowest BCUT2D eigenvalue weighted by Crippen LogP contribution is -2.26. The van der Waals surface area contributed by atoms with Crippen LogP contribution in [-0.2, 0) is 6.54 Å². The van der Waals surface area contributed by atoms with Gasteiger partial charge < -0.3 is 9.67 Å². The summed E-state index contributed by atoms with van der Waals surface area (Å²) in [6.07, 6.45) is 5.92. The van der Waals surface area contributed by atoms with Gasteiger partial charge in [0.05, 0.1) is 5.69 Å². The summed E-state index contributed by atoms with van der Waals surface area (Å²) < 4.78 is 3.05. The monoisotopic (exact) mass is 337 g/mol. The Morgan fingerprint density at radius 2 is 1.92 bits per heavy atom. The van der Waals surface area contributed by atoms with Crippen molar-refractivity contribution in [3.8, 4) is 0 Å². The van der Waals surface area contributed by atoms with Crippen molar-refractivity contribution in [1.29, 1.82) is 0 Å². The van der Waals surface area contributed by atoms with Crippen LogP contribution in [0, 0.1) is 0 Å². The van der Waals surface area contributed by atoms with Crippen molar-refractivity contribution in [2.45, 2.75) is 38.1 Å². The first-order valence-electron chi connectivity index (χ1n) is 8.54. The molecule has 2 heterocycles. The number of carbonyl (C=O) groups is 1. The summed E-state index contributed by atoms with van der Waals surface area (Å²) in [4.78, 5) is 24.0. The molecule has 0 atom stereocenters. The van der Waals surface area contributed by atoms with Crippen molar-refractivity contribution in [3.05, 3.63) is 69.8 Å². The number of carboxylic acid groups (broad SMARTS) is 1. The first kappa shape index (κ1) is 15.6. The van der Waals surface area contributed by atoms with Crippen molar-refractivity contribution in [2.75, 3.05) is 0 Å². The molecule has 1 saturated carbocycles. The van der Waals surface area contributed by atoms with Gasteiger partial charge in [-0.05, 0) is 18.4 Å². The minimum atomic E-state index is -1.23. The van der Waals surface area contributed by atoms with Crippen LogP contribution in [0.15, 0.2) is 47.4 Å². The van der Waals surface area contributed by atoms with Crippen molar-refractivity contribution in [1.82, 2.24) is 14.2 Å². The summed E-state index contributed by atoms with van der Waals surface area (Å²) in [6.45, 7) is 0.487. The highest BCUT2D eigenvalue weighted by atomic mass is 16.4. The van der Waals surface area contributed by atoms with E-state index in [1.807, 2.05) is 36.4 Å². The minimum Gasteiger partial charge on any atom is -0.477 e. The second kappa shape index (κ2) is 6.20. The Morgan fingerprint density at radius 3 is 2.60 bits per heavy atom. The van der Waals surface area contributed by atoms with Crippen LogP contribution in [0.2, 0.25) is 0 Å². The van der Waals surface area contributed by atoms with E-state index in [0.717, 1.165) is 24.1 Å². The second-order valence-electron chi connectivity index (χ2n) is 6.59. The molecule has 0 radical (unpaired) electrons. The first-order valence-corrected chi connectivity index (χ1v) is 8.54. The highest BCUT2D eigenvalue weighted by Gasteiger charge is 2.23. The zero-order chi connectivity index (χ0) is 17.4. The molecular weight excluding hydrogens is 318 g/mol. The van der Waals surface area contributed by atoms with Gasteiger partial charge in [0.1, 0.15) is 11.2 Å². The maximum atomic E-state index is 12.5. The molecule has 1 aromatic carbocycles. The normalized spacial score (nSPS) is 15.0. The van der Waals surface area contributed by atoms with Gasteiger partial charge in [-0.2, -0.15) is 9.61 Å². The lowest BCUT2D eigenvalue weighted by molar-refractivity contribution is 0.0693. The van der Waals surface area contributed by atoms with Crippen molar-refractivity contribution in [3.63, 3.8) is 0 Å². The zero-order valence-corrected chi connectivity index (χ0v) is 13.8. The van der Waals surface area contributed by atoms with Crippen molar-refractivity contribution >= 4 is 11.6 Å². The van der Waals surface area contributed by atoms with Gasteiger partial charge >= 0.3 is 5.97 Å². The van der Waals surface area contributed by atoms with Crippen LogP contribution in [0.5, 0.6) is 0 Å². The maximum absolute atomic E-state index is 12.5. The van der Waals surface area contributed by atoms with E-state index in [1.54, 1.807) is 4.57 Å². The van der Waals surface area contributed by atoms with Crippen LogP contribution in [0.4, 0.5) is 0 Å². The van der Waals surface area contributed by atoms with Gasteiger partial charge in [0.25, 0.3) is 5.56 Å². The van der Waals surface area contributed by atoms with Crippen molar-refractivity contribution < 1.29 is 9.90 Å². The summed E-state index contributed by atoms with van der Waals surface area (Å²) in [5.41, 5.74) is 1.73. The molecule has 0 amide bonds. The molecule has 6 heteroatoms. The number of hydrogen-bond acceptors (Lipinski definition) is 3. The number of aromatic nitrogens is 3. The molecule has 0 spiro atoms. The predicted octanol–water partition coefficient (Wildman–Crippen LogP) is 2.90. The molecular formula is C19H19N3O3. The number of carboxylic acids is 1. The zero-order valence-electron chi connectivity index (χ0n) is 13.8. The Hall–Kier alpha value is -2.89. The van der Waals surface area contributed by atoms with E-state index in [0.29, 0.717) is 18.1 Å². The Morgan fingerprint density at radius 1 is 1.20 bits per heavy atom. The standard InChI is InChI=1S/C19H19N3O3/c23-18-15(19(24)25)12-21(11-13-6-2-1-3-7-13)17-10-16(20-22(17)18)14-8-4-5-9-14/h1-3,6-7,10,12,14H,4-5,8-9,11H2,(H,24,25). The van der Waals surface area contributed by atoms with Gasteiger partial charge in [-0.15, -0.1) is 0 Å². The van der Waals surface area contributed by atoms with Crippen LogP contribution in [0.3, 0.4) is 0 Å². The summed E-state index contributed by atoms with van der Waals surface area (Å²) in [6, 6.07) is 11.7. The lowest BCUT2D eigenvalue weighted by Gasteiger charge is -2.10. The fourth-order valence-corrected chi connectivity index (χ4v) is 3.61. The van der Waals surface area contributed by atoms with E-state index < -0.39 is 11.5 Å². The van der Waals surface area contributed by atoms with Gasteiger partial charge in [0.2, 0.25) is 0 Å². The molecule has 0 unspecified atom stereocenters. The first-order chi connectivity index (χ1) is 12.1. The summed E-state index contributed by atoms with van der Waals surface area (Å²) in [5, 5.41) is 13.8. The van der Waals surface area contributed by atoms with Crippen LogP contribution in [-0.4, -0.2) is 25.3 Å². The molecule has 128 valence electrons. The third-order valence-corrected chi connectivity index (χ3v) is 4.91. The number of rotatable bonds is 4. The third-order valence-electron chi connectivity index (χ3n) is 4.91. The van der Waals surface area contributed by atoms with Gasteiger partial charge in [0, 0.05) is 24.7 Å². The summed E-state index contributed by atoms with van der Waals surface area (Å²) >= 11 is 0. The predicted molar refractivity (Wildman–Crippen MR) is 93.2 cm³/mol. The molecule has 1 N–H and O–H groups in total. The minimum absolute atomic E-state index is 0.260.